The number of hydrogen-bond donors (Lipinski definition) is 1. The topological polar surface area (TPSA) is 29.1 Å². The number of hydrogen-bond acceptors (Lipinski definition) is 3. The van der Waals surface area contributed by atoms with Crippen LogP contribution in [0.1, 0.15) is 64.7 Å². The van der Waals surface area contributed by atoms with E-state index in [0.29, 0.717) is 15.9 Å². The van der Waals surface area contributed by atoms with Gasteiger partial charge in [0.15, 0.2) is 0 Å². The minimum Gasteiger partial charge on any atom is -0.356 e. The van der Waals surface area contributed by atoms with Crippen LogP contribution in [-0.2, 0) is 4.79 Å². The highest BCUT2D eigenvalue weighted by atomic mass is 32.2. The predicted octanol–water partition coefficient (Wildman–Crippen LogP) is 4.69. The summed E-state index contributed by atoms with van der Waals surface area (Å²) in [5, 5.41) is 3.23. The van der Waals surface area contributed by atoms with E-state index >= 15 is 0 Å². The Balaban J connectivity index is 1.51. The van der Waals surface area contributed by atoms with Gasteiger partial charge in [0.25, 0.3) is 0 Å². The number of thioether (sulfide) groups is 2. The van der Waals surface area contributed by atoms with Crippen LogP contribution >= 0.6 is 23.5 Å². The van der Waals surface area contributed by atoms with Gasteiger partial charge in [-0.3, -0.25) is 4.79 Å². The molecule has 3 fully saturated rings. The summed E-state index contributed by atoms with van der Waals surface area (Å²) >= 11 is 4.46. The second-order valence-electron chi connectivity index (χ2n) is 7.26. The van der Waals surface area contributed by atoms with Crippen molar-refractivity contribution in [2.45, 2.75) is 68.8 Å². The average molecular weight is 342 g/mol. The van der Waals surface area contributed by atoms with Gasteiger partial charge in [-0.15, -0.1) is 23.5 Å². The average Bonchev–Trinajstić information content (AvgIpc) is 2.96. The van der Waals surface area contributed by atoms with Crippen molar-refractivity contribution < 1.29 is 4.79 Å². The van der Waals surface area contributed by atoms with Crippen molar-refractivity contribution in [1.29, 1.82) is 0 Å². The Bertz CT molecular complexity index is 365. The fourth-order valence-electron chi connectivity index (χ4n) is 4.73. The van der Waals surface area contributed by atoms with Gasteiger partial charge in [0.2, 0.25) is 5.91 Å². The Morgan fingerprint density at radius 3 is 2.41 bits per heavy atom. The zero-order valence-electron chi connectivity index (χ0n) is 13.9. The zero-order valence-corrected chi connectivity index (χ0v) is 15.6. The lowest BCUT2D eigenvalue weighted by Gasteiger charge is -2.52. The van der Waals surface area contributed by atoms with Gasteiger partial charge in [-0.05, 0) is 43.9 Å². The van der Waals surface area contributed by atoms with Crippen LogP contribution in [0.15, 0.2) is 0 Å². The monoisotopic (exact) mass is 341 g/mol. The second-order valence-corrected chi connectivity index (χ2v) is 10.3. The molecule has 2 bridgehead atoms. The maximum atomic E-state index is 12.5. The Morgan fingerprint density at radius 1 is 1.09 bits per heavy atom. The molecule has 0 aromatic carbocycles. The first-order valence-corrected chi connectivity index (χ1v) is 11.3. The molecule has 2 atom stereocenters. The molecule has 1 spiro atoms. The fourth-order valence-corrected chi connectivity index (χ4v) is 8.67. The summed E-state index contributed by atoms with van der Waals surface area (Å²) in [6.45, 7) is 3.12. The summed E-state index contributed by atoms with van der Waals surface area (Å²) in [6, 6.07) is 0. The number of rotatable bonds is 6. The van der Waals surface area contributed by atoms with Gasteiger partial charge in [0.1, 0.15) is 0 Å². The molecule has 3 rings (SSSR count). The fraction of sp³-hybridized carbons (Fsp3) is 0.944. The van der Waals surface area contributed by atoms with Crippen molar-refractivity contribution in [3.63, 3.8) is 0 Å². The maximum absolute atomic E-state index is 12.5. The van der Waals surface area contributed by atoms with Gasteiger partial charge in [-0.25, -0.2) is 0 Å². The lowest BCUT2D eigenvalue weighted by molar-refractivity contribution is -0.127. The molecule has 4 heteroatoms. The van der Waals surface area contributed by atoms with Crippen molar-refractivity contribution >= 4 is 29.4 Å². The normalized spacial score (nSPS) is 33.0. The SMILES string of the molecule is CCCCCCNC(=O)C1CC2CCCC(C1)C21SCCS1. The molecule has 2 saturated carbocycles. The first-order valence-electron chi connectivity index (χ1n) is 9.32. The molecule has 0 aromatic heterocycles. The van der Waals surface area contributed by atoms with E-state index in [1.165, 1.54) is 50.0 Å². The van der Waals surface area contributed by atoms with Crippen LogP contribution in [0.2, 0.25) is 0 Å². The third-order valence-electron chi connectivity index (χ3n) is 5.82. The van der Waals surface area contributed by atoms with Crippen LogP contribution in [0.25, 0.3) is 0 Å². The third-order valence-corrected chi connectivity index (χ3v) is 9.84. The maximum Gasteiger partial charge on any atom is 0.223 e. The van der Waals surface area contributed by atoms with Gasteiger partial charge in [-0.2, -0.15) is 0 Å². The predicted molar refractivity (Wildman–Crippen MR) is 98.4 cm³/mol. The summed E-state index contributed by atoms with van der Waals surface area (Å²) in [6.07, 6.45) is 11.4. The molecule has 2 aliphatic carbocycles. The van der Waals surface area contributed by atoms with E-state index in [1.54, 1.807) is 0 Å². The van der Waals surface area contributed by atoms with Crippen molar-refractivity contribution in [3.8, 4) is 0 Å². The highest BCUT2D eigenvalue weighted by Gasteiger charge is 2.55. The molecule has 126 valence electrons. The number of nitrogens with one attached hydrogen (secondary N) is 1. The summed E-state index contributed by atoms with van der Waals surface area (Å²) in [4.78, 5) is 12.5. The van der Waals surface area contributed by atoms with Crippen LogP contribution in [0, 0.1) is 17.8 Å². The molecule has 1 amide bonds. The Labute approximate surface area is 144 Å². The standard InChI is InChI=1S/C18H31NOS2/c1-2-3-4-5-9-19-17(20)14-12-15-7-6-8-16(13-14)18(15)21-10-11-22-18/h14-16H,2-13H2,1H3,(H,19,20). The molecule has 1 aliphatic heterocycles. The van der Waals surface area contributed by atoms with Crippen molar-refractivity contribution in [2.24, 2.45) is 17.8 Å². The van der Waals surface area contributed by atoms with E-state index in [9.17, 15) is 4.79 Å². The molecule has 1 saturated heterocycles. The summed E-state index contributed by atoms with van der Waals surface area (Å²) in [5.41, 5.74) is 0. The van der Waals surface area contributed by atoms with E-state index in [4.69, 9.17) is 0 Å². The number of carbonyl (C=O) groups is 1. The Morgan fingerprint density at radius 2 is 1.77 bits per heavy atom. The smallest absolute Gasteiger partial charge is 0.223 e. The lowest BCUT2D eigenvalue weighted by Crippen LogP contribution is -2.49. The highest BCUT2D eigenvalue weighted by molar-refractivity contribution is 8.21. The molecule has 0 aromatic rings. The largest absolute Gasteiger partial charge is 0.356 e. The summed E-state index contributed by atoms with van der Waals surface area (Å²) < 4.78 is 0.496. The zero-order chi connectivity index (χ0) is 15.4. The van der Waals surface area contributed by atoms with Crippen LogP contribution in [0.3, 0.4) is 0 Å². The molecule has 1 heterocycles. The van der Waals surface area contributed by atoms with Crippen LogP contribution < -0.4 is 5.32 Å². The molecular weight excluding hydrogens is 310 g/mol. The van der Waals surface area contributed by atoms with E-state index in [0.717, 1.165) is 37.6 Å². The molecule has 1 N–H and O–H groups in total. The Hall–Kier alpha value is 0.170. The van der Waals surface area contributed by atoms with Crippen molar-refractivity contribution in [3.05, 3.63) is 0 Å². The van der Waals surface area contributed by atoms with Crippen LogP contribution in [0.4, 0.5) is 0 Å². The van der Waals surface area contributed by atoms with E-state index < -0.39 is 0 Å². The minimum atomic E-state index is 0.300. The third kappa shape index (κ3) is 3.48. The first-order chi connectivity index (χ1) is 10.8. The lowest BCUT2D eigenvalue weighted by atomic mass is 9.67. The summed E-state index contributed by atoms with van der Waals surface area (Å²) in [5.74, 6) is 4.88. The number of carbonyl (C=O) groups excluding carboxylic acids is 1. The van der Waals surface area contributed by atoms with Gasteiger partial charge in [0, 0.05) is 24.0 Å². The number of amides is 1. The Kier molecular flexibility index (Phi) is 6.05. The van der Waals surface area contributed by atoms with Crippen molar-refractivity contribution in [2.75, 3.05) is 18.1 Å². The quantitative estimate of drug-likeness (QED) is 0.711. The van der Waals surface area contributed by atoms with Crippen molar-refractivity contribution in [1.82, 2.24) is 5.32 Å². The van der Waals surface area contributed by atoms with Gasteiger partial charge in [0.05, 0.1) is 4.08 Å². The molecule has 22 heavy (non-hydrogen) atoms. The molecule has 3 aliphatic rings. The highest BCUT2D eigenvalue weighted by Crippen LogP contribution is 2.64. The molecular formula is C18H31NOS2. The van der Waals surface area contributed by atoms with Gasteiger partial charge in [-0.1, -0.05) is 32.6 Å². The molecule has 2 nitrogen and oxygen atoms in total. The van der Waals surface area contributed by atoms with E-state index in [-0.39, 0.29) is 0 Å². The van der Waals surface area contributed by atoms with E-state index in [1.807, 2.05) is 0 Å². The van der Waals surface area contributed by atoms with Crippen LogP contribution in [0.5, 0.6) is 0 Å². The second kappa shape index (κ2) is 7.83. The summed E-state index contributed by atoms with van der Waals surface area (Å²) in [7, 11) is 0. The first kappa shape index (κ1) is 17.0. The van der Waals surface area contributed by atoms with Gasteiger partial charge >= 0.3 is 0 Å². The molecule has 0 radical (unpaired) electrons. The van der Waals surface area contributed by atoms with Crippen LogP contribution in [-0.4, -0.2) is 28.0 Å². The molecule has 2 unspecified atom stereocenters. The minimum absolute atomic E-state index is 0.300. The number of unbranched alkanes of at least 4 members (excludes halogenated alkanes) is 3. The van der Waals surface area contributed by atoms with Gasteiger partial charge < -0.3 is 5.32 Å². The van der Waals surface area contributed by atoms with E-state index in [2.05, 4.69) is 35.8 Å².